The van der Waals surface area contributed by atoms with E-state index in [1.807, 2.05) is 39.0 Å². The highest BCUT2D eigenvalue weighted by Gasteiger charge is 2.12. The highest BCUT2D eigenvalue weighted by Crippen LogP contribution is 2.13. The molecule has 0 bridgehead atoms. The lowest BCUT2D eigenvalue weighted by molar-refractivity contribution is 0.0953. The minimum atomic E-state index is -0.263. The van der Waals surface area contributed by atoms with Crippen molar-refractivity contribution in [3.05, 3.63) is 58.0 Å². The van der Waals surface area contributed by atoms with Crippen LogP contribution in [0.2, 0.25) is 0 Å². The molecule has 0 spiro atoms. The van der Waals surface area contributed by atoms with Gasteiger partial charge in [-0.1, -0.05) is 23.8 Å². The standard InChI is InChI=1S/C16H18N2O2/c1-10-5-6-11(2)14(7-10)9-17-18-16(19)15-8-12(3)20-13(15)4/h5-9H,1-4H3,(H,18,19)/b17-9+. The first-order valence-corrected chi connectivity index (χ1v) is 6.45. The van der Waals surface area contributed by atoms with Gasteiger partial charge in [-0.3, -0.25) is 4.79 Å². The van der Waals surface area contributed by atoms with E-state index in [9.17, 15) is 4.79 Å². The Balaban J connectivity index is 2.08. The van der Waals surface area contributed by atoms with E-state index in [0.29, 0.717) is 17.1 Å². The molecule has 1 amide bonds. The van der Waals surface area contributed by atoms with Crippen LogP contribution in [0.25, 0.3) is 0 Å². The van der Waals surface area contributed by atoms with Crippen LogP contribution in [0.15, 0.2) is 33.8 Å². The third-order valence-corrected chi connectivity index (χ3v) is 3.09. The number of aryl methyl sites for hydroxylation is 4. The van der Waals surface area contributed by atoms with Crippen molar-refractivity contribution >= 4 is 12.1 Å². The Hall–Kier alpha value is -2.36. The average molecular weight is 270 g/mol. The second-order valence-electron chi connectivity index (χ2n) is 4.89. The van der Waals surface area contributed by atoms with E-state index in [4.69, 9.17) is 4.42 Å². The summed E-state index contributed by atoms with van der Waals surface area (Å²) < 4.78 is 5.32. The molecule has 0 saturated heterocycles. The van der Waals surface area contributed by atoms with Crippen molar-refractivity contribution in [3.63, 3.8) is 0 Å². The summed E-state index contributed by atoms with van der Waals surface area (Å²) in [6.07, 6.45) is 1.66. The van der Waals surface area contributed by atoms with Crippen LogP contribution >= 0.6 is 0 Å². The molecule has 0 fully saturated rings. The van der Waals surface area contributed by atoms with E-state index < -0.39 is 0 Å². The first kappa shape index (κ1) is 14.1. The minimum absolute atomic E-state index is 0.263. The molecule has 1 aromatic heterocycles. The van der Waals surface area contributed by atoms with Crippen molar-refractivity contribution in [1.82, 2.24) is 5.43 Å². The molecule has 0 aliphatic rings. The maximum atomic E-state index is 11.9. The zero-order valence-corrected chi connectivity index (χ0v) is 12.2. The van der Waals surface area contributed by atoms with E-state index in [0.717, 1.165) is 16.7 Å². The predicted octanol–water partition coefficient (Wildman–Crippen LogP) is 3.28. The van der Waals surface area contributed by atoms with Crippen molar-refractivity contribution in [3.8, 4) is 0 Å². The minimum Gasteiger partial charge on any atom is -0.466 e. The topological polar surface area (TPSA) is 54.6 Å². The molecule has 1 aromatic carbocycles. The van der Waals surface area contributed by atoms with Gasteiger partial charge in [0.1, 0.15) is 11.5 Å². The Morgan fingerprint density at radius 3 is 2.60 bits per heavy atom. The molecule has 0 saturated carbocycles. The molecular formula is C16H18N2O2. The summed E-state index contributed by atoms with van der Waals surface area (Å²) in [5.74, 6) is 1.05. The van der Waals surface area contributed by atoms with Crippen molar-refractivity contribution in [1.29, 1.82) is 0 Å². The molecule has 2 aromatic rings. The smallest absolute Gasteiger partial charge is 0.274 e. The van der Waals surface area contributed by atoms with Crippen molar-refractivity contribution in [2.75, 3.05) is 0 Å². The zero-order chi connectivity index (χ0) is 14.7. The zero-order valence-electron chi connectivity index (χ0n) is 12.2. The number of carbonyl (C=O) groups excluding carboxylic acids is 1. The molecule has 0 aliphatic heterocycles. The van der Waals surface area contributed by atoms with Crippen LogP contribution in [0.1, 0.15) is 38.6 Å². The lowest BCUT2D eigenvalue weighted by atomic mass is 10.1. The van der Waals surface area contributed by atoms with E-state index in [1.165, 1.54) is 0 Å². The Bertz CT molecular complexity index is 669. The third-order valence-electron chi connectivity index (χ3n) is 3.09. The number of hydrazone groups is 1. The highest BCUT2D eigenvalue weighted by molar-refractivity contribution is 5.96. The van der Waals surface area contributed by atoms with E-state index >= 15 is 0 Å². The van der Waals surface area contributed by atoms with E-state index in [-0.39, 0.29) is 5.91 Å². The molecule has 0 atom stereocenters. The van der Waals surface area contributed by atoms with Gasteiger partial charge in [0, 0.05) is 0 Å². The normalized spacial score (nSPS) is 11.0. The largest absolute Gasteiger partial charge is 0.466 e. The maximum absolute atomic E-state index is 11.9. The quantitative estimate of drug-likeness (QED) is 0.687. The van der Waals surface area contributed by atoms with Gasteiger partial charge in [0.05, 0.1) is 11.8 Å². The predicted molar refractivity (Wildman–Crippen MR) is 79.2 cm³/mol. The van der Waals surface area contributed by atoms with Crippen LogP contribution < -0.4 is 5.43 Å². The van der Waals surface area contributed by atoms with Crippen LogP contribution in [-0.4, -0.2) is 12.1 Å². The number of nitrogens with one attached hydrogen (secondary N) is 1. The van der Waals surface area contributed by atoms with Gasteiger partial charge in [-0.05, 0) is 44.9 Å². The molecule has 1 N–H and O–H groups in total. The van der Waals surface area contributed by atoms with E-state index in [2.05, 4.69) is 10.5 Å². The van der Waals surface area contributed by atoms with Crippen molar-refractivity contribution in [2.24, 2.45) is 5.10 Å². The number of hydrogen-bond acceptors (Lipinski definition) is 3. The molecule has 4 nitrogen and oxygen atoms in total. The summed E-state index contributed by atoms with van der Waals surface area (Å²) in [7, 11) is 0. The van der Waals surface area contributed by atoms with Gasteiger partial charge >= 0.3 is 0 Å². The van der Waals surface area contributed by atoms with Crippen LogP contribution in [0.5, 0.6) is 0 Å². The molecule has 0 radical (unpaired) electrons. The Labute approximate surface area is 118 Å². The van der Waals surface area contributed by atoms with Gasteiger partial charge in [0.25, 0.3) is 5.91 Å². The summed E-state index contributed by atoms with van der Waals surface area (Å²) in [4.78, 5) is 11.9. The van der Waals surface area contributed by atoms with Gasteiger partial charge in [0.2, 0.25) is 0 Å². The number of amides is 1. The number of carbonyl (C=O) groups is 1. The molecule has 1 heterocycles. The fraction of sp³-hybridized carbons (Fsp3) is 0.250. The van der Waals surface area contributed by atoms with Gasteiger partial charge < -0.3 is 4.42 Å². The third kappa shape index (κ3) is 3.15. The Morgan fingerprint density at radius 1 is 1.20 bits per heavy atom. The number of rotatable bonds is 3. The number of nitrogens with zero attached hydrogens (tertiary/aromatic N) is 1. The molecule has 2 rings (SSSR count). The Morgan fingerprint density at radius 2 is 1.95 bits per heavy atom. The van der Waals surface area contributed by atoms with Crippen molar-refractivity contribution in [2.45, 2.75) is 27.7 Å². The molecule has 104 valence electrons. The summed E-state index contributed by atoms with van der Waals surface area (Å²) in [5.41, 5.74) is 6.30. The molecule has 4 heteroatoms. The molecule has 0 unspecified atom stereocenters. The van der Waals surface area contributed by atoms with E-state index in [1.54, 1.807) is 19.2 Å². The summed E-state index contributed by atoms with van der Waals surface area (Å²) >= 11 is 0. The summed E-state index contributed by atoms with van der Waals surface area (Å²) in [5, 5.41) is 4.00. The van der Waals surface area contributed by atoms with Gasteiger partial charge in [-0.2, -0.15) is 5.10 Å². The lowest BCUT2D eigenvalue weighted by Gasteiger charge is -2.01. The summed E-state index contributed by atoms with van der Waals surface area (Å²) in [6.45, 7) is 7.60. The number of benzene rings is 1. The fourth-order valence-corrected chi connectivity index (χ4v) is 1.98. The van der Waals surface area contributed by atoms with Crippen LogP contribution in [-0.2, 0) is 0 Å². The number of hydrogen-bond donors (Lipinski definition) is 1. The first-order chi connectivity index (χ1) is 9.47. The van der Waals surface area contributed by atoms with Crippen LogP contribution in [0.3, 0.4) is 0 Å². The van der Waals surface area contributed by atoms with Gasteiger partial charge in [-0.15, -0.1) is 0 Å². The van der Waals surface area contributed by atoms with Crippen molar-refractivity contribution < 1.29 is 9.21 Å². The molecule has 0 aliphatic carbocycles. The molecule has 20 heavy (non-hydrogen) atoms. The number of furan rings is 1. The second kappa shape index (κ2) is 5.74. The second-order valence-corrected chi connectivity index (χ2v) is 4.89. The first-order valence-electron chi connectivity index (χ1n) is 6.45. The maximum Gasteiger partial charge on any atom is 0.274 e. The Kier molecular flexibility index (Phi) is 4.03. The summed E-state index contributed by atoms with van der Waals surface area (Å²) in [6, 6.07) is 7.81. The average Bonchev–Trinajstić information content (AvgIpc) is 2.72. The molecular weight excluding hydrogens is 252 g/mol. The van der Waals surface area contributed by atoms with Gasteiger partial charge in [0.15, 0.2) is 0 Å². The highest BCUT2D eigenvalue weighted by atomic mass is 16.3. The van der Waals surface area contributed by atoms with Crippen LogP contribution in [0.4, 0.5) is 0 Å². The lowest BCUT2D eigenvalue weighted by Crippen LogP contribution is -2.17. The van der Waals surface area contributed by atoms with Crippen LogP contribution in [0, 0.1) is 27.7 Å². The van der Waals surface area contributed by atoms with Gasteiger partial charge in [-0.25, -0.2) is 5.43 Å². The monoisotopic (exact) mass is 270 g/mol. The SMILES string of the molecule is Cc1ccc(C)c(/C=N/NC(=O)c2cc(C)oc2C)c1. The fourth-order valence-electron chi connectivity index (χ4n) is 1.98.